The molecule has 17 heavy (non-hydrogen) atoms. The van der Waals surface area contributed by atoms with Gasteiger partial charge in [0.05, 0.1) is 12.4 Å². The van der Waals surface area contributed by atoms with Gasteiger partial charge in [-0.05, 0) is 28.9 Å². The van der Waals surface area contributed by atoms with Gasteiger partial charge in [0.25, 0.3) is 0 Å². The number of halogens is 1. The quantitative estimate of drug-likeness (QED) is 0.934. The number of nitrogens with one attached hydrogen (secondary N) is 1. The molecule has 1 atom stereocenters. The highest BCUT2D eigenvalue weighted by Gasteiger charge is 2.15. The molecular formula is C10H10BrN5O. The fraction of sp³-hybridized carbons (Fsp3) is 0.200. The molecule has 1 amide bonds. The van der Waals surface area contributed by atoms with Gasteiger partial charge >= 0.3 is 0 Å². The summed E-state index contributed by atoms with van der Waals surface area (Å²) in [5, 5.41) is 6.67. The fourth-order valence-electron chi connectivity index (χ4n) is 1.24. The van der Waals surface area contributed by atoms with Gasteiger partial charge in [0.1, 0.15) is 10.6 Å². The van der Waals surface area contributed by atoms with E-state index in [1.165, 1.54) is 12.4 Å². The lowest BCUT2D eigenvalue weighted by Gasteiger charge is -2.11. The lowest BCUT2D eigenvalue weighted by molar-refractivity contribution is -0.119. The van der Waals surface area contributed by atoms with Crippen molar-refractivity contribution in [3.8, 4) is 0 Å². The van der Waals surface area contributed by atoms with E-state index in [4.69, 9.17) is 0 Å². The number of carbonyl (C=O) groups excluding carboxylic acids is 1. The normalized spacial score (nSPS) is 12.1. The molecule has 0 spiro atoms. The van der Waals surface area contributed by atoms with Crippen LogP contribution in [0.2, 0.25) is 0 Å². The van der Waals surface area contributed by atoms with Crippen molar-refractivity contribution in [2.24, 2.45) is 0 Å². The minimum atomic E-state index is -0.393. The van der Waals surface area contributed by atoms with E-state index in [2.05, 4.69) is 36.3 Å². The number of aromatic nitrogens is 4. The summed E-state index contributed by atoms with van der Waals surface area (Å²) in [7, 11) is 0. The van der Waals surface area contributed by atoms with Gasteiger partial charge < -0.3 is 5.32 Å². The van der Waals surface area contributed by atoms with Gasteiger partial charge in [-0.15, -0.1) is 0 Å². The minimum absolute atomic E-state index is 0.190. The molecule has 88 valence electrons. The molecule has 0 aromatic carbocycles. The van der Waals surface area contributed by atoms with E-state index in [0.717, 1.165) is 0 Å². The summed E-state index contributed by atoms with van der Waals surface area (Å²) in [6.45, 7) is 1.76. The Morgan fingerprint density at radius 3 is 2.88 bits per heavy atom. The van der Waals surface area contributed by atoms with E-state index >= 15 is 0 Å². The van der Waals surface area contributed by atoms with Crippen LogP contribution in [0.5, 0.6) is 0 Å². The third-order valence-corrected chi connectivity index (χ3v) is 2.58. The van der Waals surface area contributed by atoms with Crippen molar-refractivity contribution in [1.82, 2.24) is 19.7 Å². The molecule has 2 rings (SSSR count). The summed E-state index contributed by atoms with van der Waals surface area (Å²) in [5.41, 5.74) is 0. The Labute approximate surface area is 106 Å². The van der Waals surface area contributed by atoms with Gasteiger partial charge in [-0.2, -0.15) is 5.10 Å². The van der Waals surface area contributed by atoms with E-state index in [9.17, 15) is 4.79 Å². The van der Waals surface area contributed by atoms with Crippen LogP contribution in [-0.2, 0) is 4.79 Å². The Kier molecular flexibility index (Phi) is 3.48. The van der Waals surface area contributed by atoms with Gasteiger partial charge in [0, 0.05) is 12.4 Å². The summed E-state index contributed by atoms with van der Waals surface area (Å²) in [6.07, 6.45) is 6.37. The van der Waals surface area contributed by atoms with Crippen LogP contribution in [0, 0.1) is 0 Å². The summed E-state index contributed by atoms with van der Waals surface area (Å²) < 4.78 is 2.19. The first-order valence-corrected chi connectivity index (χ1v) is 5.73. The van der Waals surface area contributed by atoms with Crippen molar-refractivity contribution in [3.05, 3.63) is 35.5 Å². The molecule has 7 heteroatoms. The van der Waals surface area contributed by atoms with E-state index in [-0.39, 0.29) is 5.91 Å². The van der Waals surface area contributed by atoms with Crippen molar-refractivity contribution < 1.29 is 4.79 Å². The van der Waals surface area contributed by atoms with Crippen LogP contribution in [0.3, 0.4) is 0 Å². The molecule has 0 fully saturated rings. The lowest BCUT2D eigenvalue weighted by atomic mass is 10.3. The summed E-state index contributed by atoms with van der Waals surface area (Å²) >= 11 is 3.17. The molecule has 0 saturated heterocycles. The van der Waals surface area contributed by atoms with Crippen LogP contribution in [0.1, 0.15) is 13.0 Å². The number of anilines is 1. The Hall–Kier alpha value is -1.76. The van der Waals surface area contributed by atoms with Crippen molar-refractivity contribution in [2.45, 2.75) is 13.0 Å². The molecule has 1 N–H and O–H groups in total. The zero-order valence-electron chi connectivity index (χ0n) is 9.04. The Morgan fingerprint density at radius 2 is 2.29 bits per heavy atom. The van der Waals surface area contributed by atoms with Crippen molar-refractivity contribution in [3.63, 3.8) is 0 Å². The SMILES string of the molecule is CC(C(=O)Nc1cnc(Br)cn1)n1cccn1. The molecule has 0 aliphatic carbocycles. The van der Waals surface area contributed by atoms with Crippen LogP contribution < -0.4 is 5.32 Å². The summed E-state index contributed by atoms with van der Waals surface area (Å²) in [4.78, 5) is 19.8. The van der Waals surface area contributed by atoms with E-state index < -0.39 is 6.04 Å². The maximum absolute atomic E-state index is 11.8. The van der Waals surface area contributed by atoms with Crippen molar-refractivity contribution in [2.75, 3.05) is 5.32 Å². The second-order valence-corrected chi connectivity index (χ2v) is 4.19. The zero-order chi connectivity index (χ0) is 12.3. The third-order valence-electron chi connectivity index (χ3n) is 2.17. The Bertz CT molecular complexity index is 496. The molecule has 0 radical (unpaired) electrons. The standard InChI is InChI=1S/C10H10BrN5O/c1-7(16-4-2-3-14-16)10(17)15-9-6-12-8(11)5-13-9/h2-7H,1H3,(H,13,15,17). The zero-order valence-corrected chi connectivity index (χ0v) is 10.6. The fourth-order valence-corrected chi connectivity index (χ4v) is 1.44. The van der Waals surface area contributed by atoms with Crippen molar-refractivity contribution >= 4 is 27.7 Å². The number of carbonyl (C=O) groups is 1. The largest absolute Gasteiger partial charge is 0.308 e. The monoisotopic (exact) mass is 295 g/mol. The molecular weight excluding hydrogens is 286 g/mol. The maximum Gasteiger partial charge on any atom is 0.250 e. The van der Waals surface area contributed by atoms with E-state index in [1.54, 1.807) is 30.1 Å². The smallest absolute Gasteiger partial charge is 0.250 e. The average molecular weight is 296 g/mol. The molecule has 1 unspecified atom stereocenters. The van der Waals surface area contributed by atoms with Gasteiger partial charge in [0.15, 0.2) is 5.82 Å². The lowest BCUT2D eigenvalue weighted by Crippen LogP contribution is -2.24. The molecule has 0 saturated carbocycles. The Morgan fingerprint density at radius 1 is 1.47 bits per heavy atom. The minimum Gasteiger partial charge on any atom is -0.308 e. The Balaban J connectivity index is 2.04. The number of nitrogens with zero attached hydrogens (tertiary/aromatic N) is 4. The van der Waals surface area contributed by atoms with Crippen LogP contribution in [0.25, 0.3) is 0 Å². The van der Waals surface area contributed by atoms with Crippen LogP contribution in [0.4, 0.5) is 5.82 Å². The van der Waals surface area contributed by atoms with Crippen LogP contribution in [-0.4, -0.2) is 25.7 Å². The first-order valence-electron chi connectivity index (χ1n) is 4.94. The van der Waals surface area contributed by atoms with E-state index in [1.807, 2.05) is 0 Å². The average Bonchev–Trinajstić information content (AvgIpc) is 2.84. The van der Waals surface area contributed by atoms with Crippen LogP contribution in [0.15, 0.2) is 35.5 Å². The summed E-state index contributed by atoms with van der Waals surface area (Å²) in [6, 6.07) is 1.37. The second kappa shape index (κ2) is 5.05. The molecule has 6 nitrogen and oxygen atoms in total. The molecule has 2 aromatic heterocycles. The van der Waals surface area contributed by atoms with Gasteiger partial charge in [-0.3, -0.25) is 9.48 Å². The van der Waals surface area contributed by atoms with Gasteiger partial charge in [-0.25, -0.2) is 9.97 Å². The topological polar surface area (TPSA) is 72.7 Å². The van der Waals surface area contributed by atoms with E-state index in [0.29, 0.717) is 10.4 Å². The molecule has 0 aliphatic heterocycles. The number of amides is 1. The molecule has 0 bridgehead atoms. The third kappa shape index (κ3) is 2.88. The first kappa shape index (κ1) is 11.7. The molecule has 2 aromatic rings. The predicted molar refractivity (Wildman–Crippen MR) is 65.3 cm³/mol. The van der Waals surface area contributed by atoms with Crippen LogP contribution >= 0.6 is 15.9 Å². The van der Waals surface area contributed by atoms with Crippen molar-refractivity contribution in [1.29, 1.82) is 0 Å². The highest BCUT2D eigenvalue weighted by molar-refractivity contribution is 9.10. The number of rotatable bonds is 3. The predicted octanol–water partition coefficient (Wildman–Crippen LogP) is 1.64. The highest BCUT2D eigenvalue weighted by atomic mass is 79.9. The summed E-state index contributed by atoms with van der Waals surface area (Å²) in [5.74, 6) is 0.225. The first-order chi connectivity index (χ1) is 8.16. The van der Waals surface area contributed by atoms with Gasteiger partial charge in [-0.1, -0.05) is 0 Å². The number of hydrogen-bond donors (Lipinski definition) is 1. The molecule has 2 heterocycles. The van der Waals surface area contributed by atoms with Gasteiger partial charge in [0.2, 0.25) is 5.91 Å². The molecule has 0 aliphatic rings. The second-order valence-electron chi connectivity index (χ2n) is 3.38. The number of hydrogen-bond acceptors (Lipinski definition) is 4. The highest BCUT2D eigenvalue weighted by Crippen LogP contribution is 2.09. The maximum atomic E-state index is 11.8.